The number of imidazole rings is 1. The molecule has 1 unspecified atom stereocenters. The van der Waals surface area contributed by atoms with E-state index in [4.69, 9.17) is 4.74 Å². The lowest BCUT2D eigenvalue weighted by atomic mass is 9.98. The van der Waals surface area contributed by atoms with Gasteiger partial charge in [0.2, 0.25) is 0 Å². The van der Waals surface area contributed by atoms with Gasteiger partial charge in [-0.05, 0) is 19.1 Å². The first-order valence-corrected chi connectivity index (χ1v) is 8.70. The Kier molecular flexibility index (Phi) is 3.59. The Morgan fingerprint density at radius 1 is 1.44 bits per heavy atom. The molecule has 1 aromatic carbocycles. The van der Waals surface area contributed by atoms with Gasteiger partial charge in [-0.2, -0.15) is 0 Å². The minimum absolute atomic E-state index is 0.0850. The molecule has 0 aliphatic carbocycles. The molecule has 0 amide bonds. The maximum Gasteiger partial charge on any atom is 0.327 e. The molecule has 4 rings (SSSR count). The van der Waals surface area contributed by atoms with Gasteiger partial charge in [0.05, 0.1) is 11.1 Å². The number of benzene rings is 1. The van der Waals surface area contributed by atoms with E-state index in [-0.39, 0.29) is 24.1 Å². The van der Waals surface area contributed by atoms with Crippen LogP contribution in [0.2, 0.25) is 0 Å². The third-order valence-corrected chi connectivity index (χ3v) is 5.19. The second-order valence-electron chi connectivity index (χ2n) is 6.05. The predicted octanol–water partition coefficient (Wildman–Crippen LogP) is 1.33. The molecule has 128 valence electrons. The lowest BCUT2D eigenvalue weighted by Gasteiger charge is -2.25. The Bertz CT molecular complexity index is 1070. The molecule has 0 saturated heterocycles. The zero-order chi connectivity index (χ0) is 17.7. The van der Waals surface area contributed by atoms with Crippen LogP contribution in [-0.4, -0.2) is 26.9 Å². The smallest absolute Gasteiger partial charge is 0.327 e. The largest absolute Gasteiger partial charge is 0.488 e. The van der Waals surface area contributed by atoms with Crippen molar-refractivity contribution in [2.75, 3.05) is 6.61 Å². The molecule has 1 aliphatic heterocycles. The number of hydrogen-bond acceptors (Lipinski definition) is 5. The molecule has 8 heteroatoms. The summed E-state index contributed by atoms with van der Waals surface area (Å²) >= 11 is 1.48. The summed E-state index contributed by atoms with van der Waals surface area (Å²) < 4.78 is 7.70. The maximum atomic E-state index is 12.5. The summed E-state index contributed by atoms with van der Waals surface area (Å²) in [6, 6.07) is 3.31. The number of carbonyl (C=O) groups excluding carboxylic acids is 1. The van der Waals surface area contributed by atoms with Gasteiger partial charge in [-0.15, -0.1) is 11.3 Å². The highest BCUT2D eigenvalue weighted by Crippen LogP contribution is 2.39. The average molecular weight is 357 g/mol. The van der Waals surface area contributed by atoms with Crippen LogP contribution in [0.5, 0.6) is 5.75 Å². The monoisotopic (exact) mass is 357 g/mol. The number of Topliss-reactive ketones (excluding diaryl/α,β-unsaturated/α-hetero) is 1. The van der Waals surface area contributed by atoms with Gasteiger partial charge in [-0.3, -0.25) is 9.36 Å². The van der Waals surface area contributed by atoms with Crippen molar-refractivity contribution in [3.8, 4) is 5.75 Å². The van der Waals surface area contributed by atoms with E-state index in [1.165, 1.54) is 18.3 Å². The van der Waals surface area contributed by atoms with Crippen molar-refractivity contribution in [2.45, 2.75) is 19.9 Å². The van der Waals surface area contributed by atoms with Crippen LogP contribution in [-0.2, 0) is 4.79 Å². The molecule has 0 bridgehead atoms. The molecule has 0 fully saturated rings. The quantitative estimate of drug-likeness (QED) is 0.690. The van der Waals surface area contributed by atoms with Crippen LogP contribution < -0.4 is 16.2 Å². The van der Waals surface area contributed by atoms with E-state index in [0.29, 0.717) is 33.6 Å². The topological polar surface area (TPSA) is 105 Å². The Hall–Kier alpha value is -2.71. The molecule has 0 radical (unpaired) electrons. The first-order valence-electron chi connectivity index (χ1n) is 7.82. The number of rotatable bonds is 3. The average Bonchev–Trinajstić information content (AvgIpc) is 3.19. The number of aromatic amines is 1. The van der Waals surface area contributed by atoms with Crippen molar-refractivity contribution in [3.63, 3.8) is 0 Å². The van der Waals surface area contributed by atoms with Crippen LogP contribution in [0.15, 0.2) is 34.2 Å². The number of carbonyl (C=O) groups is 1. The molecule has 1 aliphatic rings. The summed E-state index contributed by atoms with van der Waals surface area (Å²) in [7, 11) is 0. The SMILES string of the molecule is CC(=O)C(=C(C)[NH3+])c1ccc2[nH]c(=O)n3c2c1OCC3c1nccs1. The van der Waals surface area contributed by atoms with Crippen molar-refractivity contribution >= 4 is 33.7 Å². The van der Waals surface area contributed by atoms with Crippen LogP contribution in [0.4, 0.5) is 0 Å². The summed E-state index contributed by atoms with van der Waals surface area (Å²) in [6.45, 7) is 3.58. The van der Waals surface area contributed by atoms with Gasteiger partial charge in [-0.1, -0.05) is 0 Å². The summed E-state index contributed by atoms with van der Waals surface area (Å²) in [4.78, 5) is 31.8. The van der Waals surface area contributed by atoms with Crippen LogP contribution in [0.3, 0.4) is 0 Å². The number of hydrogen-bond donors (Lipinski definition) is 2. The number of ether oxygens (including phenoxy) is 1. The summed E-state index contributed by atoms with van der Waals surface area (Å²) in [5, 5.41) is 2.69. The normalized spacial score (nSPS) is 17.3. The van der Waals surface area contributed by atoms with Crippen LogP contribution in [0.1, 0.15) is 30.5 Å². The molecule has 25 heavy (non-hydrogen) atoms. The fourth-order valence-corrected chi connectivity index (χ4v) is 4.08. The van der Waals surface area contributed by atoms with E-state index in [0.717, 1.165) is 5.01 Å². The van der Waals surface area contributed by atoms with Gasteiger partial charge >= 0.3 is 5.69 Å². The third kappa shape index (κ3) is 2.33. The van der Waals surface area contributed by atoms with Crippen LogP contribution in [0.25, 0.3) is 16.6 Å². The molecular formula is C17H17N4O3S+. The highest BCUT2D eigenvalue weighted by atomic mass is 32.1. The number of aromatic nitrogens is 3. The lowest BCUT2D eigenvalue weighted by Crippen LogP contribution is -2.47. The van der Waals surface area contributed by atoms with Crippen molar-refractivity contribution in [2.24, 2.45) is 0 Å². The highest BCUT2D eigenvalue weighted by Gasteiger charge is 2.31. The highest BCUT2D eigenvalue weighted by molar-refractivity contribution is 7.09. The molecule has 4 N–H and O–H groups in total. The van der Waals surface area contributed by atoms with E-state index >= 15 is 0 Å². The van der Waals surface area contributed by atoms with E-state index in [1.807, 2.05) is 5.38 Å². The summed E-state index contributed by atoms with van der Waals surface area (Å²) in [5.74, 6) is 0.454. The first-order chi connectivity index (χ1) is 12.0. The first kappa shape index (κ1) is 15.8. The van der Waals surface area contributed by atoms with Crippen LogP contribution >= 0.6 is 11.3 Å². The molecule has 0 spiro atoms. The number of allylic oxidation sites excluding steroid dienone is 2. The molecule has 0 saturated carbocycles. The second kappa shape index (κ2) is 5.68. The van der Waals surface area contributed by atoms with Gasteiger partial charge in [0.1, 0.15) is 28.9 Å². The summed E-state index contributed by atoms with van der Waals surface area (Å²) in [6.07, 6.45) is 1.71. The molecular weight excluding hydrogens is 340 g/mol. The Labute approximate surface area is 146 Å². The minimum Gasteiger partial charge on any atom is -0.488 e. The zero-order valence-corrected chi connectivity index (χ0v) is 14.6. The fraction of sp³-hybridized carbons (Fsp3) is 0.235. The number of thiazole rings is 1. The predicted molar refractivity (Wildman–Crippen MR) is 94.5 cm³/mol. The van der Waals surface area contributed by atoms with E-state index < -0.39 is 0 Å². The molecule has 7 nitrogen and oxygen atoms in total. The number of H-pyrrole nitrogens is 1. The standard InChI is InChI=1S/C17H16N4O3S/c1-8(18)13(9(2)22)10-3-4-11-14-15(10)24-7-12(16-19-5-6-25-16)21(14)17(23)20-11/h3-6,12H,7,18H2,1-2H3,(H,20,23)/p+1. The van der Waals surface area contributed by atoms with Gasteiger partial charge in [-0.25, -0.2) is 9.78 Å². The molecule has 2 aromatic heterocycles. The maximum absolute atomic E-state index is 12.5. The Morgan fingerprint density at radius 3 is 2.88 bits per heavy atom. The van der Waals surface area contributed by atoms with Gasteiger partial charge in [0, 0.05) is 24.1 Å². The minimum atomic E-state index is -0.283. The Morgan fingerprint density at radius 2 is 2.24 bits per heavy atom. The molecule has 3 heterocycles. The van der Waals surface area contributed by atoms with E-state index in [9.17, 15) is 9.59 Å². The molecule has 3 aromatic rings. The fourth-order valence-electron chi connectivity index (χ4n) is 3.37. The number of nitrogens with one attached hydrogen (secondary N) is 1. The van der Waals surface area contributed by atoms with Crippen molar-refractivity contribution < 1.29 is 15.3 Å². The van der Waals surface area contributed by atoms with Crippen LogP contribution in [0, 0.1) is 0 Å². The van der Waals surface area contributed by atoms with Crippen molar-refractivity contribution in [1.82, 2.24) is 14.5 Å². The van der Waals surface area contributed by atoms with E-state index in [2.05, 4.69) is 15.7 Å². The summed E-state index contributed by atoms with van der Waals surface area (Å²) in [5.41, 5.74) is 6.88. The number of ketones is 1. The van der Waals surface area contributed by atoms with Gasteiger partial charge < -0.3 is 15.5 Å². The third-order valence-electron chi connectivity index (χ3n) is 4.31. The lowest BCUT2D eigenvalue weighted by molar-refractivity contribution is -0.300. The van der Waals surface area contributed by atoms with E-state index in [1.54, 1.807) is 29.8 Å². The zero-order valence-electron chi connectivity index (χ0n) is 13.8. The van der Waals surface area contributed by atoms with Crippen molar-refractivity contribution in [1.29, 1.82) is 0 Å². The molecule has 1 atom stereocenters. The van der Waals surface area contributed by atoms with Gasteiger partial charge in [0.15, 0.2) is 11.5 Å². The van der Waals surface area contributed by atoms with Gasteiger partial charge in [0.25, 0.3) is 0 Å². The van der Waals surface area contributed by atoms with Crippen molar-refractivity contribution in [3.05, 3.63) is 50.5 Å². The second-order valence-corrected chi connectivity index (χ2v) is 6.97. The number of nitrogens with zero attached hydrogens (tertiary/aromatic N) is 2. The number of quaternary nitrogens is 1. The Balaban J connectivity index is 2.03.